The van der Waals surface area contributed by atoms with E-state index in [0.717, 1.165) is 19.3 Å². The summed E-state index contributed by atoms with van der Waals surface area (Å²) in [5.41, 5.74) is -0.637. The van der Waals surface area contributed by atoms with Crippen LogP contribution in [0.4, 0.5) is 0 Å². The Balaban J connectivity index is 2.52. The number of hydrogen-bond donors (Lipinski definition) is 1. The van der Waals surface area contributed by atoms with Crippen LogP contribution in [0.2, 0.25) is 0 Å². The Kier molecular flexibility index (Phi) is 6.80. The molecule has 0 amide bonds. The summed E-state index contributed by atoms with van der Waals surface area (Å²) < 4.78 is 11.0. The molecule has 1 fully saturated rings. The van der Waals surface area contributed by atoms with Crippen molar-refractivity contribution in [2.24, 2.45) is 11.8 Å². The molecule has 0 spiro atoms. The van der Waals surface area contributed by atoms with Gasteiger partial charge in [0.05, 0.1) is 13.2 Å². The van der Waals surface area contributed by atoms with Crippen LogP contribution in [0.5, 0.6) is 0 Å². The summed E-state index contributed by atoms with van der Waals surface area (Å²) in [6.07, 6.45) is 4.48. The first kappa shape index (κ1) is 16.4. The summed E-state index contributed by atoms with van der Waals surface area (Å²) in [6.45, 7) is 7.75. The standard InChI is InChI=1S/C15H29NO3/c1-5-7-12(3)10-18-11-15(16-4,13-8-9-13)14(17)19-6-2/h12-13,16H,5-11H2,1-4H3. The molecule has 2 unspecified atom stereocenters. The molecule has 0 aliphatic heterocycles. The van der Waals surface area contributed by atoms with Crippen LogP contribution in [0.1, 0.15) is 46.5 Å². The van der Waals surface area contributed by atoms with Crippen molar-refractivity contribution in [1.29, 1.82) is 0 Å². The average molecular weight is 271 g/mol. The molecule has 1 aliphatic rings. The predicted octanol–water partition coefficient (Wildman–Crippen LogP) is 2.37. The van der Waals surface area contributed by atoms with Crippen molar-refractivity contribution < 1.29 is 14.3 Å². The molecule has 1 N–H and O–H groups in total. The van der Waals surface area contributed by atoms with E-state index in [-0.39, 0.29) is 5.97 Å². The highest BCUT2D eigenvalue weighted by molar-refractivity contribution is 5.82. The third-order valence-corrected chi connectivity index (χ3v) is 3.87. The lowest BCUT2D eigenvalue weighted by Crippen LogP contribution is -2.57. The lowest BCUT2D eigenvalue weighted by molar-refractivity contribution is -0.155. The lowest BCUT2D eigenvalue weighted by Gasteiger charge is -2.31. The number of carbonyl (C=O) groups is 1. The molecule has 0 bridgehead atoms. The van der Waals surface area contributed by atoms with Crippen molar-refractivity contribution in [2.75, 3.05) is 26.9 Å². The second-order valence-electron chi connectivity index (χ2n) is 5.63. The van der Waals surface area contributed by atoms with E-state index in [1.165, 1.54) is 6.42 Å². The fourth-order valence-electron chi connectivity index (χ4n) is 2.56. The fourth-order valence-corrected chi connectivity index (χ4v) is 2.56. The van der Waals surface area contributed by atoms with Crippen LogP contribution in [-0.2, 0) is 14.3 Å². The summed E-state index contributed by atoms with van der Waals surface area (Å²) >= 11 is 0. The molecule has 1 rings (SSSR count). The summed E-state index contributed by atoms with van der Waals surface area (Å²) in [4.78, 5) is 12.2. The highest BCUT2D eigenvalue weighted by Crippen LogP contribution is 2.40. The zero-order valence-corrected chi connectivity index (χ0v) is 12.8. The van der Waals surface area contributed by atoms with Gasteiger partial charge in [-0.2, -0.15) is 0 Å². The van der Waals surface area contributed by atoms with Gasteiger partial charge in [-0.3, -0.25) is 0 Å². The van der Waals surface area contributed by atoms with Crippen molar-refractivity contribution in [2.45, 2.75) is 52.0 Å². The maximum atomic E-state index is 12.2. The van der Waals surface area contributed by atoms with E-state index < -0.39 is 5.54 Å². The van der Waals surface area contributed by atoms with Crippen molar-refractivity contribution in [3.8, 4) is 0 Å². The zero-order chi connectivity index (χ0) is 14.3. The molecular formula is C15H29NO3. The van der Waals surface area contributed by atoms with E-state index in [1.54, 1.807) is 0 Å². The first-order valence-corrected chi connectivity index (χ1v) is 7.54. The van der Waals surface area contributed by atoms with Crippen LogP contribution < -0.4 is 5.32 Å². The van der Waals surface area contributed by atoms with Gasteiger partial charge in [0.15, 0.2) is 0 Å². The second kappa shape index (κ2) is 7.85. The van der Waals surface area contributed by atoms with Gasteiger partial charge in [0.1, 0.15) is 5.54 Å². The van der Waals surface area contributed by atoms with Gasteiger partial charge in [-0.1, -0.05) is 20.3 Å². The monoisotopic (exact) mass is 271 g/mol. The Morgan fingerprint density at radius 3 is 2.58 bits per heavy atom. The van der Waals surface area contributed by atoms with Crippen LogP contribution in [0.15, 0.2) is 0 Å². The summed E-state index contributed by atoms with van der Waals surface area (Å²) in [5.74, 6) is 0.738. The molecule has 0 radical (unpaired) electrons. The SMILES string of the molecule is CCCC(C)COCC(NC)(C(=O)OCC)C1CC1. The molecule has 1 aliphatic carbocycles. The second-order valence-corrected chi connectivity index (χ2v) is 5.63. The minimum Gasteiger partial charge on any atom is -0.465 e. The van der Waals surface area contributed by atoms with Crippen LogP contribution in [0.3, 0.4) is 0 Å². The van der Waals surface area contributed by atoms with Gasteiger partial charge < -0.3 is 14.8 Å². The fraction of sp³-hybridized carbons (Fsp3) is 0.933. The Bertz CT molecular complexity index is 279. The number of ether oxygens (including phenoxy) is 2. The van der Waals surface area contributed by atoms with E-state index in [9.17, 15) is 4.79 Å². The van der Waals surface area contributed by atoms with Crippen molar-refractivity contribution in [3.63, 3.8) is 0 Å². The number of esters is 1. The van der Waals surface area contributed by atoms with Crippen molar-refractivity contribution in [3.05, 3.63) is 0 Å². The van der Waals surface area contributed by atoms with Crippen LogP contribution in [-0.4, -0.2) is 38.4 Å². The molecule has 0 aromatic heterocycles. The van der Waals surface area contributed by atoms with Gasteiger partial charge in [-0.25, -0.2) is 4.79 Å². The predicted molar refractivity (Wildman–Crippen MR) is 76.0 cm³/mol. The van der Waals surface area contributed by atoms with Gasteiger partial charge in [-0.15, -0.1) is 0 Å². The minimum atomic E-state index is -0.637. The molecule has 1 saturated carbocycles. The zero-order valence-electron chi connectivity index (χ0n) is 12.8. The van der Waals surface area contributed by atoms with Gasteiger partial charge in [-0.05, 0) is 45.1 Å². The van der Waals surface area contributed by atoms with Gasteiger partial charge >= 0.3 is 5.97 Å². The van der Waals surface area contributed by atoms with E-state index in [2.05, 4.69) is 19.2 Å². The third-order valence-electron chi connectivity index (χ3n) is 3.87. The van der Waals surface area contributed by atoms with Crippen molar-refractivity contribution >= 4 is 5.97 Å². The van der Waals surface area contributed by atoms with Gasteiger partial charge in [0, 0.05) is 6.61 Å². The highest BCUT2D eigenvalue weighted by Gasteiger charge is 2.51. The lowest BCUT2D eigenvalue weighted by atomic mass is 9.94. The Hall–Kier alpha value is -0.610. The summed E-state index contributed by atoms with van der Waals surface area (Å²) in [5, 5.41) is 3.17. The normalized spacial score (nSPS) is 19.8. The number of likely N-dealkylation sites (N-methyl/N-ethyl adjacent to an activating group) is 1. The minimum absolute atomic E-state index is 0.164. The molecule has 0 aromatic carbocycles. The number of hydrogen-bond acceptors (Lipinski definition) is 4. The molecule has 0 aromatic rings. The van der Waals surface area contributed by atoms with Gasteiger partial charge in [0.2, 0.25) is 0 Å². The van der Waals surface area contributed by atoms with E-state index in [4.69, 9.17) is 9.47 Å². The summed E-state index contributed by atoms with van der Waals surface area (Å²) in [7, 11) is 1.83. The average Bonchev–Trinajstić information content (AvgIpc) is 3.20. The first-order chi connectivity index (χ1) is 9.10. The van der Waals surface area contributed by atoms with Crippen LogP contribution in [0.25, 0.3) is 0 Å². The molecule has 112 valence electrons. The van der Waals surface area contributed by atoms with E-state index >= 15 is 0 Å². The van der Waals surface area contributed by atoms with E-state index in [0.29, 0.717) is 31.7 Å². The quantitative estimate of drug-likeness (QED) is 0.620. The largest absolute Gasteiger partial charge is 0.465 e. The maximum absolute atomic E-state index is 12.2. The molecule has 4 nitrogen and oxygen atoms in total. The molecule has 0 saturated heterocycles. The Morgan fingerprint density at radius 2 is 2.11 bits per heavy atom. The smallest absolute Gasteiger partial charge is 0.329 e. The summed E-state index contributed by atoms with van der Waals surface area (Å²) in [6, 6.07) is 0. The Labute approximate surface area is 117 Å². The highest BCUT2D eigenvalue weighted by atomic mass is 16.5. The van der Waals surface area contributed by atoms with E-state index in [1.807, 2.05) is 14.0 Å². The topological polar surface area (TPSA) is 47.6 Å². The molecule has 0 heterocycles. The molecule has 2 atom stereocenters. The van der Waals surface area contributed by atoms with Crippen LogP contribution >= 0.6 is 0 Å². The Morgan fingerprint density at radius 1 is 1.42 bits per heavy atom. The van der Waals surface area contributed by atoms with Crippen LogP contribution in [0, 0.1) is 11.8 Å². The van der Waals surface area contributed by atoms with Gasteiger partial charge in [0.25, 0.3) is 0 Å². The number of rotatable bonds is 10. The number of carbonyl (C=O) groups excluding carboxylic acids is 1. The molecule has 19 heavy (non-hydrogen) atoms. The number of nitrogens with one attached hydrogen (secondary N) is 1. The molecular weight excluding hydrogens is 242 g/mol. The maximum Gasteiger partial charge on any atom is 0.329 e. The molecule has 4 heteroatoms. The third kappa shape index (κ3) is 4.46. The first-order valence-electron chi connectivity index (χ1n) is 7.54. The van der Waals surface area contributed by atoms with Crippen molar-refractivity contribution in [1.82, 2.24) is 5.32 Å².